The Kier molecular flexibility index (Phi) is 5.54. The zero-order chi connectivity index (χ0) is 18.0. The number of nitrogens with zero attached hydrogens (tertiary/aromatic N) is 1. The second-order valence-corrected chi connectivity index (χ2v) is 7.66. The summed E-state index contributed by atoms with van der Waals surface area (Å²) in [5, 5.41) is 0. The number of benzene rings is 1. The highest BCUT2D eigenvalue weighted by molar-refractivity contribution is 7.88. The van der Waals surface area contributed by atoms with E-state index in [-0.39, 0.29) is 23.9 Å². The summed E-state index contributed by atoms with van der Waals surface area (Å²) in [6.07, 6.45) is -2.86. The molecular weight excluding hydrogens is 345 g/mol. The van der Waals surface area contributed by atoms with Gasteiger partial charge < -0.3 is 4.90 Å². The SMILES string of the molecule is CS(=O)(=O)NC1CCN(C(=O)Cc2ccccc2C(F)(F)F)CC1. The van der Waals surface area contributed by atoms with Crippen LogP contribution >= 0.6 is 0 Å². The van der Waals surface area contributed by atoms with Crippen molar-refractivity contribution in [3.8, 4) is 0 Å². The number of likely N-dealkylation sites (tertiary alicyclic amines) is 1. The van der Waals surface area contributed by atoms with Gasteiger partial charge in [-0.2, -0.15) is 13.2 Å². The van der Waals surface area contributed by atoms with Gasteiger partial charge in [-0.1, -0.05) is 18.2 Å². The Bertz CT molecular complexity index is 696. The van der Waals surface area contributed by atoms with Gasteiger partial charge in [0.15, 0.2) is 0 Å². The Morgan fingerprint density at radius 1 is 1.25 bits per heavy atom. The van der Waals surface area contributed by atoms with Crippen molar-refractivity contribution in [2.75, 3.05) is 19.3 Å². The fourth-order valence-corrected chi connectivity index (χ4v) is 3.62. The Morgan fingerprint density at radius 3 is 2.38 bits per heavy atom. The van der Waals surface area contributed by atoms with E-state index in [1.807, 2.05) is 0 Å². The number of piperidine rings is 1. The van der Waals surface area contributed by atoms with E-state index in [2.05, 4.69) is 4.72 Å². The highest BCUT2D eigenvalue weighted by Crippen LogP contribution is 2.32. The molecule has 134 valence electrons. The molecule has 0 aliphatic carbocycles. The molecule has 5 nitrogen and oxygen atoms in total. The molecule has 0 bridgehead atoms. The molecule has 9 heteroatoms. The third kappa shape index (κ3) is 5.20. The van der Waals surface area contributed by atoms with Gasteiger partial charge in [0.05, 0.1) is 18.2 Å². The van der Waals surface area contributed by atoms with Crippen LogP contribution in [0.25, 0.3) is 0 Å². The molecule has 0 radical (unpaired) electrons. The first-order valence-electron chi connectivity index (χ1n) is 7.46. The minimum atomic E-state index is -4.50. The van der Waals surface area contributed by atoms with Crippen LogP contribution in [0.3, 0.4) is 0 Å². The van der Waals surface area contributed by atoms with Crippen LogP contribution < -0.4 is 4.72 Å². The molecule has 1 aromatic carbocycles. The van der Waals surface area contributed by atoms with Crippen LogP contribution in [0.15, 0.2) is 24.3 Å². The summed E-state index contributed by atoms with van der Waals surface area (Å²) in [4.78, 5) is 13.7. The van der Waals surface area contributed by atoms with E-state index in [9.17, 15) is 26.4 Å². The maximum absolute atomic E-state index is 13.0. The molecule has 1 saturated heterocycles. The predicted molar refractivity (Wildman–Crippen MR) is 82.7 cm³/mol. The summed E-state index contributed by atoms with van der Waals surface area (Å²) in [5.41, 5.74) is -0.849. The topological polar surface area (TPSA) is 66.5 Å². The van der Waals surface area contributed by atoms with Gasteiger partial charge in [-0.05, 0) is 24.5 Å². The van der Waals surface area contributed by atoms with Crippen molar-refractivity contribution < 1.29 is 26.4 Å². The van der Waals surface area contributed by atoms with Crippen LogP contribution in [-0.2, 0) is 27.4 Å². The minimum absolute atomic E-state index is 0.0496. The fourth-order valence-electron chi connectivity index (χ4n) is 2.78. The lowest BCUT2D eigenvalue weighted by Crippen LogP contribution is -2.46. The van der Waals surface area contributed by atoms with Crippen molar-refractivity contribution in [1.82, 2.24) is 9.62 Å². The molecule has 1 heterocycles. The van der Waals surface area contributed by atoms with Gasteiger partial charge in [0, 0.05) is 19.1 Å². The number of amides is 1. The molecule has 0 aromatic heterocycles. The molecule has 1 aliphatic heterocycles. The quantitative estimate of drug-likeness (QED) is 0.886. The standard InChI is InChI=1S/C15H19F3N2O3S/c1-24(22,23)19-12-6-8-20(9-7-12)14(21)10-11-4-2-3-5-13(11)15(16,17)18/h2-5,12,19H,6-10H2,1H3. The first-order valence-corrected chi connectivity index (χ1v) is 9.35. The lowest BCUT2D eigenvalue weighted by Gasteiger charge is -2.32. The van der Waals surface area contributed by atoms with Crippen molar-refractivity contribution in [2.24, 2.45) is 0 Å². The van der Waals surface area contributed by atoms with E-state index in [1.54, 1.807) is 0 Å². The molecule has 1 N–H and O–H groups in total. The largest absolute Gasteiger partial charge is 0.416 e. The molecule has 1 amide bonds. The van der Waals surface area contributed by atoms with E-state index >= 15 is 0 Å². The number of sulfonamides is 1. The normalized spacial score (nSPS) is 17.1. The molecule has 0 atom stereocenters. The summed E-state index contributed by atoms with van der Waals surface area (Å²) in [6, 6.07) is 4.79. The van der Waals surface area contributed by atoms with Gasteiger partial charge in [0.25, 0.3) is 0 Å². The predicted octanol–water partition coefficient (Wildman–Crippen LogP) is 1.79. The summed E-state index contributed by atoms with van der Waals surface area (Å²) >= 11 is 0. The summed E-state index contributed by atoms with van der Waals surface area (Å²) in [6.45, 7) is 0.639. The van der Waals surface area contributed by atoms with Crippen molar-refractivity contribution in [1.29, 1.82) is 0 Å². The average Bonchev–Trinajstić information content (AvgIpc) is 2.45. The van der Waals surface area contributed by atoms with Crippen LogP contribution in [-0.4, -0.2) is 44.6 Å². The van der Waals surface area contributed by atoms with E-state index in [1.165, 1.54) is 23.1 Å². The van der Waals surface area contributed by atoms with Crippen molar-refractivity contribution in [3.05, 3.63) is 35.4 Å². The zero-order valence-electron chi connectivity index (χ0n) is 13.1. The third-order valence-electron chi connectivity index (χ3n) is 3.89. The molecule has 1 aliphatic rings. The van der Waals surface area contributed by atoms with Crippen LogP contribution in [0.4, 0.5) is 13.2 Å². The number of rotatable bonds is 4. The molecule has 2 rings (SSSR count). The van der Waals surface area contributed by atoms with Gasteiger partial charge in [-0.25, -0.2) is 13.1 Å². The van der Waals surface area contributed by atoms with Crippen LogP contribution in [0.5, 0.6) is 0 Å². The third-order valence-corrected chi connectivity index (χ3v) is 4.65. The zero-order valence-corrected chi connectivity index (χ0v) is 14.0. The Labute approximate surface area is 138 Å². The fraction of sp³-hybridized carbons (Fsp3) is 0.533. The average molecular weight is 364 g/mol. The highest BCUT2D eigenvalue weighted by atomic mass is 32.2. The number of carbonyl (C=O) groups excluding carboxylic acids is 1. The van der Waals surface area contributed by atoms with Crippen molar-refractivity contribution in [2.45, 2.75) is 31.5 Å². The number of nitrogens with one attached hydrogen (secondary N) is 1. The Balaban J connectivity index is 1.98. The van der Waals surface area contributed by atoms with E-state index in [0.717, 1.165) is 12.3 Å². The maximum Gasteiger partial charge on any atom is 0.416 e. The van der Waals surface area contributed by atoms with Crippen molar-refractivity contribution in [3.63, 3.8) is 0 Å². The lowest BCUT2D eigenvalue weighted by atomic mass is 10.0. The lowest BCUT2D eigenvalue weighted by molar-refractivity contribution is -0.138. The van der Waals surface area contributed by atoms with Gasteiger partial charge in [-0.15, -0.1) is 0 Å². The van der Waals surface area contributed by atoms with Crippen LogP contribution in [0.2, 0.25) is 0 Å². The number of hydrogen-bond acceptors (Lipinski definition) is 3. The summed E-state index contributed by atoms with van der Waals surface area (Å²) in [5.74, 6) is -0.385. The van der Waals surface area contributed by atoms with E-state index < -0.39 is 21.8 Å². The van der Waals surface area contributed by atoms with Gasteiger partial charge in [0.1, 0.15) is 0 Å². The van der Waals surface area contributed by atoms with Crippen molar-refractivity contribution >= 4 is 15.9 Å². The number of alkyl halides is 3. The van der Waals surface area contributed by atoms with Gasteiger partial charge in [0.2, 0.25) is 15.9 Å². The molecular formula is C15H19F3N2O3S. The monoisotopic (exact) mass is 364 g/mol. The molecule has 1 aromatic rings. The highest BCUT2D eigenvalue weighted by Gasteiger charge is 2.34. The number of carbonyl (C=O) groups is 1. The summed E-state index contributed by atoms with van der Waals surface area (Å²) in [7, 11) is -3.31. The first kappa shape index (κ1) is 18.7. The summed E-state index contributed by atoms with van der Waals surface area (Å²) < 4.78 is 63.7. The number of halogens is 3. The first-order chi connectivity index (χ1) is 11.1. The molecule has 24 heavy (non-hydrogen) atoms. The number of hydrogen-bond donors (Lipinski definition) is 1. The smallest absolute Gasteiger partial charge is 0.342 e. The van der Waals surface area contributed by atoms with Gasteiger partial charge in [-0.3, -0.25) is 4.79 Å². The molecule has 0 saturated carbocycles. The van der Waals surface area contributed by atoms with Crippen LogP contribution in [0, 0.1) is 0 Å². The Morgan fingerprint density at radius 2 is 1.83 bits per heavy atom. The minimum Gasteiger partial charge on any atom is -0.342 e. The second kappa shape index (κ2) is 7.10. The van der Waals surface area contributed by atoms with Crippen LogP contribution in [0.1, 0.15) is 24.0 Å². The molecule has 0 unspecified atom stereocenters. The van der Waals surface area contributed by atoms with Gasteiger partial charge >= 0.3 is 6.18 Å². The van der Waals surface area contributed by atoms with E-state index in [0.29, 0.717) is 25.9 Å². The Hall–Kier alpha value is -1.61. The maximum atomic E-state index is 13.0. The molecule has 1 fully saturated rings. The van der Waals surface area contributed by atoms with E-state index in [4.69, 9.17) is 0 Å². The second-order valence-electron chi connectivity index (χ2n) is 5.88. The molecule has 0 spiro atoms.